The van der Waals surface area contributed by atoms with E-state index < -0.39 is 0 Å². The van der Waals surface area contributed by atoms with Crippen LogP contribution in [0.15, 0.2) is 36.9 Å². The van der Waals surface area contributed by atoms with Crippen LogP contribution < -0.4 is 5.32 Å². The zero-order valence-electron chi connectivity index (χ0n) is 12.7. The highest BCUT2D eigenvalue weighted by molar-refractivity contribution is 5.51. The Morgan fingerprint density at radius 1 is 1.19 bits per heavy atom. The first-order valence-corrected chi connectivity index (χ1v) is 7.62. The molecule has 1 fully saturated rings. The van der Waals surface area contributed by atoms with E-state index in [-0.39, 0.29) is 0 Å². The quantitative estimate of drug-likeness (QED) is 0.937. The van der Waals surface area contributed by atoms with E-state index in [0.717, 1.165) is 17.3 Å². The number of hydrogen-bond donors (Lipinski definition) is 1. The number of hydrogen-bond acceptors (Lipinski definition) is 4. The number of nitrogens with zero attached hydrogens (tertiary/aromatic N) is 4. The fraction of sp³-hybridized carbons (Fsp3) is 0.500. The molecule has 1 N–H and O–H groups in total. The third-order valence-electron chi connectivity index (χ3n) is 4.43. The Hall–Kier alpha value is -1.88. The van der Waals surface area contributed by atoms with Gasteiger partial charge in [-0.25, -0.2) is 0 Å². The summed E-state index contributed by atoms with van der Waals surface area (Å²) in [7, 11) is 2.21. The normalized spacial score (nSPS) is 18.6. The highest BCUT2D eigenvalue weighted by Crippen LogP contribution is 2.23. The average molecular weight is 285 g/mol. The predicted octanol–water partition coefficient (Wildman–Crippen LogP) is 2.41. The van der Waals surface area contributed by atoms with Crippen molar-refractivity contribution in [2.24, 2.45) is 5.92 Å². The second-order valence-electron chi connectivity index (χ2n) is 5.99. The van der Waals surface area contributed by atoms with Gasteiger partial charge in [-0.3, -0.25) is 4.57 Å². The molecule has 0 amide bonds. The molecule has 1 unspecified atom stereocenters. The van der Waals surface area contributed by atoms with Gasteiger partial charge in [0.15, 0.2) is 0 Å². The van der Waals surface area contributed by atoms with Crippen molar-refractivity contribution in [3.63, 3.8) is 0 Å². The summed E-state index contributed by atoms with van der Waals surface area (Å²) in [4.78, 5) is 2.41. The van der Waals surface area contributed by atoms with Gasteiger partial charge in [-0.2, -0.15) is 0 Å². The standard InChI is InChI=1S/C16H23N5/c1-13(14-6-8-20(2)9-7-14)19-15-4-3-5-16(10-15)21-11-17-18-12-21/h3-5,10-14,19H,6-9H2,1-2H3. The van der Waals surface area contributed by atoms with Crippen LogP contribution in [0.2, 0.25) is 0 Å². The van der Waals surface area contributed by atoms with Crippen LogP contribution in [0, 0.1) is 5.92 Å². The fourth-order valence-electron chi connectivity index (χ4n) is 3.00. The summed E-state index contributed by atoms with van der Waals surface area (Å²) < 4.78 is 1.92. The van der Waals surface area contributed by atoms with Crippen molar-refractivity contribution in [3.05, 3.63) is 36.9 Å². The lowest BCUT2D eigenvalue weighted by Gasteiger charge is -2.33. The number of nitrogens with one attached hydrogen (secondary N) is 1. The molecular weight excluding hydrogens is 262 g/mol. The van der Waals surface area contributed by atoms with E-state index in [1.165, 1.54) is 25.9 Å². The van der Waals surface area contributed by atoms with Crippen molar-refractivity contribution in [3.8, 4) is 5.69 Å². The molecule has 0 saturated carbocycles. The number of anilines is 1. The molecule has 5 heteroatoms. The zero-order valence-corrected chi connectivity index (χ0v) is 12.7. The molecule has 112 valence electrons. The van der Waals surface area contributed by atoms with Gasteiger partial charge < -0.3 is 10.2 Å². The molecule has 1 atom stereocenters. The van der Waals surface area contributed by atoms with Crippen LogP contribution in [-0.4, -0.2) is 45.8 Å². The van der Waals surface area contributed by atoms with Gasteiger partial charge in [0.05, 0.1) is 5.69 Å². The Balaban J connectivity index is 1.66. The fourth-order valence-corrected chi connectivity index (χ4v) is 3.00. The summed E-state index contributed by atoms with van der Waals surface area (Å²) >= 11 is 0. The predicted molar refractivity (Wildman–Crippen MR) is 84.7 cm³/mol. The maximum atomic E-state index is 3.86. The van der Waals surface area contributed by atoms with Crippen molar-refractivity contribution in [2.45, 2.75) is 25.8 Å². The Bertz CT molecular complexity index is 558. The molecule has 2 heterocycles. The molecule has 5 nitrogen and oxygen atoms in total. The van der Waals surface area contributed by atoms with E-state index in [4.69, 9.17) is 0 Å². The summed E-state index contributed by atoms with van der Waals surface area (Å²) in [5.41, 5.74) is 2.24. The van der Waals surface area contributed by atoms with Crippen LogP contribution in [-0.2, 0) is 0 Å². The molecule has 1 aromatic heterocycles. The van der Waals surface area contributed by atoms with Gasteiger partial charge in [-0.05, 0) is 64.0 Å². The first kappa shape index (κ1) is 14.1. The van der Waals surface area contributed by atoms with Crippen molar-refractivity contribution in [1.29, 1.82) is 0 Å². The molecule has 1 aromatic carbocycles. The Kier molecular flexibility index (Phi) is 4.20. The maximum Gasteiger partial charge on any atom is 0.123 e. The highest BCUT2D eigenvalue weighted by Gasteiger charge is 2.22. The first-order valence-electron chi connectivity index (χ1n) is 7.62. The number of piperidine rings is 1. The Morgan fingerprint density at radius 2 is 1.90 bits per heavy atom. The first-order chi connectivity index (χ1) is 10.2. The van der Waals surface area contributed by atoms with E-state index in [2.05, 4.69) is 58.7 Å². The Morgan fingerprint density at radius 3 is 2.62 bits per heavy atom. The van der Waals surface area contributed by atoms with Crippen LogP contribution in [0.1, 0.15) is 19.8 Å². The van der Waals surface area contributed by atoms with Gasteiger partial charge >= 0.3 is 0 Å². The van der Waals surface area contributed by atoms with E-state index in [9.17, 15) is 0 Å². The van der Waals surface area contributed by atoms with Crippen LogP contribution in [0.25, 0.3) is 5.69 Å². The van der Waals surface area contributed by atoms with E-state index >= 15 is 0 Å². The SMILES string of the molecule is CC(Nc1cccc(-n2cnnc2)c1)C1CCN(C)CC1. The minimum Gasteiger partial charge on any atom is -0.382 e. The minimum absolute atomic E-state index is 0.495. The largest absolute Gasteiger partial charge is 0.382 e. The van der Waals surface area contributed by atoms with Gasteiger partial charge in [0.25, 0.3) is 0 Å². The third kappa shape index (κ3) is 3.42. The smallest absolute Gasteiger partial charge is 0.123 e. The molecule has 0 aliphatic carbocycles. The summed E-state index contributed by atoms with van der Waals surface area (Å²) in [6.45, 7) is 4.70. The number of likely N-dealkylation sites (tertiary alicyclic amines) is 1. The molecule has 0 spiro atoms. The van der Waals surface area contributed by atoms with Gasteiger partial charge in [0, 0.05) is 11.7 Å². The molecule has 3 rings (SSSR count). The van der Waals surface area contributed by atoms with Crippen molar-refractivity contribution >= 4 is 5.69 Å². The van der Waals surface area contributed by atoms with Crippen molar-refractivity contribution in [1.82, 2.24) is 19.7 Å². The topological polar surface area (TPSA) is 46.0 Å². The zero-order chi connectivity index (χ0) is 14.7. The molecule has 0 radical (unpaired) electrons. The summed E-state index contributed by atoms with van der Waals surface area (Å²) in [5.74, 6) is 0.750. The average Bonchev–Trinajstić information content (AvgIpc) is 3.02. The monoisotopic (exact) mass is 285 g/mol. The van der Waals surface area contributed by atoms with Gasteiger partial charge in [-0.1, -0.05) is 6.07 Å². The molecule has 0 bridgehead atoms. The van der Waals surface area contributed by atoms with E-state index in [0.29, 0.717) is 6.04 Å². The molecular formula is C16H23N5. The minimum atomic E-state index is 0.495. The maximum absolute atomic E-state index is 3.86. The second kappa shape index (κ2) is 6.26. The molecule has 2 aromatic rings. The number of aromatic nitrogens is 3. The van der Waals surface area contributed by atoms with E-state index in [1.54, 1.807) is 12.7 Å². The second-order valence-corrected chi connectivity index (χ2v) is 5.99. The molecule has 1 aliphatic heterocycles. The van der Waals surface area contributed by atoms with Gasteiger partial charge in [0.1, 0.15) is 12.7 Å². The number of benzene rings is 1. The molecule has 1 saturated heterocycles. The highest BCUT2D eigenvalue weighted by atomic mass is 15.2. The van der Waals surface area contributed by atoms with Crippen molar-refractivity contribution < 1.29 is 0 Å². The van der Waals surface area contributed by atoms with E-state index in [1.807, 2.05) is 4.57 Å². The lowest BCUT2D eigenvalue weighted by Crippen LogP contribution is -2.37. The summed E-state index contributed by atoms with van der Waals surface area (Å²) in [6.07, 6.45) is 5.99. The van der Waals surface area contributed by atoms with Crippen LogP contribution >= 0.6 is 0 Å². The van der Waals surface area contributed by atoms with Gasteiger partial charge in [0.2, 0.25) is 0 Å². The molecule has 1 aliphatic rings. The Labute approximate surface area is 126 Å². The molecule has 21 heavy (non-hydrogen) atoms. The summed E-state index contributed by atoms with van der Waals surface area (Å²) in [5, 5.41) is 11.4. The lowest BCUT2D eigenvalue weighted by molar-refractivity contribution is 0.208. The van der Waals surface area contributed by atoms with Crippen LogP contribution in [0.3, 0.4) is 0 Å². The van der Waals surface area contributed by atoms with Crippen LogP contribution in [0.4, 0.5) is 5.69 Å². The lowest BCUT2D eigenvalue weighted by atomic mass is 9.90. The van der Waals surface area contributed by atoms with Crippen LogP contribution in [0.5, 0.6) is 0 Å². The van der Waals surface area contributed by atoms with Gasteiger partial charge in [-0.15, -0.1) is 10.2 Å². The summed E-state index contributed by atoms with van der Waals surface area (Å²) in [6, 6.07) is 8.90. The third-order valence-corrected chi connectivity index (χ3v) is 4.43. The van der Waals surface area contributed by atoms with Crippen molar-refractivity contribution in [2.75, 3.05) is 25.5 Å². The number of rotatable bonds is 4.